The van der Waals surface area contributed by atoms with E-state index in [0.717, 1.165) is 25.7 Å². The molecule has 0 radical (unpaired) electrons. The van der Waals surface area contributed by atoms with Gasteiger partial charge >= 0.3 is 31.3 Å². The summed E-state index contributed by atoms with van der Waals surface area (Å²) in [6, 6.07) is 16.2. The van der Waals surface area contributed by atoms with Gasteiger partial charge in [0.05, 0.1) is 13.2 Å². The lowest BCUT2D eigenvalue weighted by atomic mass is 10.1. The summed E-state index contributed by atoms with van der Waals surface area (Å²) in [5.41, 5.74) is -8.40. The fourth-order valence-corrected chi connectivity index (χ4v) is 11.0. The molecule has 8 nitrogen and oxygen atoms in total. The molecule has 0 saturated heterocycles. The summed E-state index contributed by atoms with van der Waals surface area (Å²) in [7, 11) is -17.2. The van der Waals surface area contributed by atoms with Gasteiger partial charge in [0.1, 0.15) is 11.5 Å². The zero-order chi connectivity index (χ0) is 40.6. The standard InChI is InChI=1S/C36H44F6O8S4/c1-7-9-23-47-33-25-30(18-12-28-15-21-32(22-16-28)52(5,6)50-54(45,46)36(40,41)42)34(48-24-10-8-2)26-29(33)17-11-27-13-19-31(20-14-27)51(3,4)49-53(43,44)35(37,38)39/h11-22,25-26H,7-10,23-24H2,1-6H3/b17-11+,18-12+. The molecule has 0 bridgehead atoms. The summed E-state index contributed by atoms with van der Waals surface area (Å²) in [4.78, 5) is 0.585. The Bertz CT molecular complexity index is 1840. The molecule has 0 fully saturated rings. The van der Waals surface area contributed by atoms with Crippen molar-refractivity contribution in [2.75, 3.05) is 38.2 Å². The minimum Gasteiger partial charge on any atom is -0.493 e. The predicted molar refractivity (Wildman–Crippen MR) is 206 cm³/mol. The molecule has 0 unspecified atom stereocenters. The molecule has 0 N–H and O–H groups in total. The summed E-state index contributed by atoms with van der Waals surface area (Å²) in [6.45, 7) is 4.90. The molecule has 3 rings (SSSR count). The second-order valence-corrected chi connectivity index (χ2v) is 22.2. The van der Waals surface area contributed by atoms with Crippen molar-refractivity contribution < 1.29 is 59.9 Å². The largest absolute Gasteiger partial charge is 0.523 e. The van der Waals surface area contributed by atoms with Gasteiger partial charge in [-0.3, -0.25) is 0 Å². The Morgan fingerprint density at radius 1 is 0.537 bits per heavy atom. The van der Waals surface area contributed by atoms with Gasteiger partial charge in [-0.1, -0.05) is 95.9 Å². The van der Waals surface area contributed by atoms with Crippen LogP contribution in [0.5, 0.6) is 11.5 Å². The summed E-state index contributed by atoms with van der Waals surface area (Å²) in [6.07, 6.45) is 15.7. The average molecular weight is 847 g/mol. The Morgan fingerprint density at radius 2 is 0.852 bits per heavy atom. The lowest BCUT2D eigenvalue weighted by Crippen LogP contribution is -2.26. The van der Waals surface area contributed by atoms with Gasteiger partial charge in [-0.15, -0.1) is 0 Å². The number of alkyl halides is 6. The maximum atomic E-state index is 12.9. The van der Waals surface area contributed by atoms with Crippen molar-refractivity contribution in [3.8, 4) is 11.5 Å². The second-order valence-electron chi connectivity index (χ2n) is 12.5. The molecule has 3 aromatic rings. The van der Waals surface area contributed by atoms with Crippen molar-refractivity contribution >= 4 is 65.2 Å². The van der Waals surface area contributed by atoms with E-state index in [-0.39, 0.29) is 0 Å². The number of hydrogen-bond donors (Lipinski definition) is 0. The molecule has 0 atom stereocenters. The summed E-state index contributed by atoms with van der Waals surface area (Å²) < 4.78 is 146. The van der Waals surface area contributed by atoms with Crippen LogP contribution >= 0.6 is 20.6 Å². The molecular weight excluding hydrogens is 803 g/mol. The normalized spacial score (nSPS) is 14.1. The first-order chi connectivity index (χ1) is 24.9. The molecular formula is C36H44F6O8S4. The number of benzene rings is 3. The van der Waals surface area contributed by atoms with Crippen LogP contribution in [-0.4, -0.2) is 66.1 Å². The Morgan fingerprint density at radius 3 is 1.13 bits per heavy atom. The van der Waals surface area contributed by atoms with E-state index in [9.17, 15) is 43.2 Å². The molecule has 0 aromatic heterocycles. The fraction of sp³-hybridized carbons (Fsp3) is 0.389. The Kier molecular flexibility index (Phi) is 15.2. The van der Waals surface area contributed by atoms with Crippen LogP contribution in [0.2, 0.25) is 0 Å². The number of rotatable bonds is 18. The zero-order valence-corrected chi connectivity index (χ0v) is 33.8. The topological polar surface area (TPSA) is 105 Å². The van der Waals surface area contributed by atoms with Gasteiger partial charge in [-0.2, -0.15) is 43.2 Å². The molecule has 0 amide bonds. The monoisotopic (exact) mass is 846 g/mol. The third kappa shape index (κ3) is 12.4. The van der Waals surface area contributed by atoms with E-state index in [1.807, 2.05) is 26.0 Å². The van der Waals surface area contributed by atoms with Crippen LogP contribution in [0.25, 0.3) is 24.3 Å². The quantitative estimate of drug-likeness (QED) is 0.0539. The Labute approximate surface area is 316 Å². The lowest BCUT2D eigenvalue weighted by molar-refractivity contribution is -0.0500. The van der Waals surface area contributed by atoms with E-state index in [1.165, 1.54) is 49.3 Å². The first-order valence-electron chi connectivity index (χ1n) is 16.4. The highest BCUT2D eigenvalue weighted by Crippen LogP contribution is 2.54. The van der Waals surface area contributed by atoms with Crippen LogP contribution in [0.3, 0.4) is 0 Å². The Balaban J connectivity index is 1.95. The highest BCUT2D eigenvalue weighted by atomic mass is 32.3. The maximum Gasteiger partial charge on any atom is 0.523 e. The van der Waals surface area contributed by atoms with Crippen molar-refractivity contribution in [3.05, 3.63) is 82.9 Å². The van der Waals surface area contributed by atoms with Crippen LogP contribution in [-0.2, 0) is 27.5 Å². The molecule has 18 heteroatoms. The molecule has 0 saturated carbocycles. The third-order valence-corrected chi connectivity index (χ3v) is 15.6. The van der Waals surface area contributed by atoms with E-state index < -0.39 is 51.9 Å². The van der Waals surface area contributed by atoms with E-state index >= 15 is 0 Å². The summed E-state index contributed by atoms with van der Waals surface area (Å²) >= 11 is 0. The van der Waals surface area contributed by atoms with Gasteiger partial charge in [-0.25, -0.2) is 7.26 Å². The number of halogens is 6. The van der Waals surface area contributed by atoms with Gasteiger partial charge < -0.3 is 9.47 Å². The smallest absolute Gasteiger partial charge is 0.493 e. The SMILES string of the molecule is CCCCOc1cc(/C=C/c2ccc(S(C)(C)OS(=O)(=O)C(F)(F)F)cc2)c(OCCCC)cc1/C=C/c1ccc(S(C)(C)OS(=O)(=O)C(F)(F)F)cc1. The van der Waals surface area contributed by atoms with Gasteiger partial charge in [0.25, 0.3) is 0 Å². The van der Waals surface area contributed by atoms with Crippen molar-refractivity contribution in [2.24, 2.45) is 0 Å². The number of unbranched alkanes of at least 4 members (excludes halogenated alkanes) is 2. The molecule has 0 aliphatic heterocycles. The van der Waals surface area contributed by atoms with Gasteiger partial charge in [0.2, 0.25) is 0 Å². The van der Waals surface area contributed by atoms with Crippen LogP contribution in [0.4, 0.5) is 26.3 Å². The average Bonchev–Trinajstić information content (AvgIpc) is 3.06. The van der Waals surface area contributed by atoms with Crippen LogP contribution in [0.15, 0.2) is 70.5 Å². The van der Waals surface area contributed by atoms with Gasteiger partial charge in [0, 0.05) is 20.9 Å². The van der Waals surface area contributed by atoms with E-state index in [0.29, 0.717) is 56.8 Å². The Hall–Kier alpha value is -3.16. The van der Waals surface area contributed by atoms with Crippen LogP contribution < -0.4 is 9.47 Å². The molecule has 54 heavy (non-hydrogen) atoms. The van der Waals surface area contributed by atoms with Crippen molar-refractivity contribution in [1.29, 1.82) is 0 Å². The van der Waals surface area contributed by atoms with Crippen LogP contribution in [0.1, 0.15) is 61.8 Å². The first kappa shape index (κ1) is 45.2. The lowest BCUT2D eigenvalue weighted by Gasteiger charge is -2.30. The van der Waals surface area contributed by atoms with Gasteiger partial charge in [0.15, 0.2) is 0 Å². The van der Waals surface area contributed by atoms with E-state index in [1.54, 1.807) is 48.6 Å². The van der Waals surface area contributed by atoms with E-state index in [4.69, 9.17) is 9.47 Å². The minimum absolute atomic E-state index is 0.293. The van der Waals surface area contributed by atoms with Crippen molar-refractivity contribution in [2.45, 2.75) is 60.3 Å². The van der Waals surface area contributed by atoms with E-state index in [2.05, 4.69) is 7.26 Å². The zero-order valence-electron chi connectivity index (χ0n) is 30.5. The van der Waals surface area contributed by atoms with Gasteiger partial charge in [-0.05, 0) is 85.4 Å². The first-order valence-corrected chi connectivity index (χ1v) is 24.0. The fourth-order valence-electron chi connectivity index (χ4n) is 4.54. The van der Waals surface area contributed by atoms with Crippen molar-refractivity contribution in [1.82, 2.24) is 0 Å². The highest BCUT2D eigenvalue weighted by molar-refractivity contribution is 8.32. The molecule has 3 aromatic carbocycles. The summed E-state index contributed by atoms with van der Waals surface area (Å²) in [5.74, 6) is 1.08. The number of hydrogen-bond acceptors (Lipinski definition) is 8. The second kappa shape index (κ2) is 18.2. The summed E-state index contributed by atoms with van der Waals surface area (Å²) in [5, 5.41) is 0. The van der Waals surface area contributed by atoms with Crippen LogP contribution in [0, 0.1) is 0 Å². The predicted octanol–water partition coefficient (Wildman–Crippen LogP) is 10.8. The molecule has 0 aliphatic rings. The molecule has 0 spiro atoms. The molecule has 0 aliphatic carbocycles. The minimum atomic E-state index is -5.79. The van der Waals surface area contributed by atoms with Crippen molar-refractivity contribution in [3.63, 3.8) is 0 Å². The number of ether oxygens (including phenoxy) is 2. The molecule has 302 valence electrons. The highest BCUT2D eigenvalue weighted by Gasteiger charge is 2.50. The maximum absolute atomic E-state index is 12.9. The third-order valence-electron chi connectivity index (χ3n) is 7.55. The molecule has 0 heterocycles.